The van der Waals surface area contributed by atoms with Crippen molar-refractivity contribution in [3.63, 3.8) is 0 Å². The van der Waals surface area contributed by atoms with Gasteiger partial charge in [-0.3, -0.25) is 9.59 Å². The zero-order valence-corrected chi connectivity index (χ0v) is 15.5. The number of aryl methyl sites for hydroxylation is 1. The molecule has 1 aliphatic heterocycles. The fourth-order valence-electron chi connectivity index (χ4n) is 2.61. The average molecular weight is 363 g/mol. The van der Waals surface area contributed by atoms with E-state index < -0.39 is 0 Å². The third-order valence-electron chi connectivity index (χ3n) is 4.12. The molecule has 8 heteroatoms. The molecule has 1 aliphatic rings. The highest BCUT2D eigenvalue weighted by molar-refractivity contribution is 7.09. The van der Waals surface area contributed by atoms with E-state index in [1.807, 2.05) is 13.8 Å². The molecule has 1 aromatic rings. The summed E-state index contributed by atoms with van der Waals surface area (Å²) in [5.74, 6) is 0.0236. The predicted molar refractivity (Wildman–Crippen MR) is 96.9 cm³/mol. The van der Waals surface area contributed by atoms with Crippen LogP contribution in [0, 0.1) is 13.8 Å². The van der Waals surface area contributed by atoms with Crippen LogP contribution in [0.2, 0.25) is 0 Å². The highest BCUT2D eigenvalue weighted by Gasteiger charge is 2.10. The van der Waals surface area contributed by atoms with Crippen molar-refractivity contribution in [1.82, 2.24) is 20.1 Å². The maximum Gasteiger partial charge on any atom is 0.307 e. The Bertz CT molecular complexity index is 552. The molecular weight excluding hydrogens is 336 g/mol. The van der Waals surface area contributed by atoms with E-state index in [9.17, 15) is 9.59 Å². The van der Waals surface area contributed by atoms with Gasteiger partial charge in [0.2, 0.25) is 5.91 Å². The molecule has 1 fully saturated rings. The molecule has 2 heterocycles. The van der Waals surface area contributed by atoms with Crippen LogP contribution in [0.15, 0.2) is 4.79 Å². The number of amides is 1. The summed E-state index contributed by atoms with van der Waals surface area (Å²) in [5, 5.41) is 6.27. The minimum atomic E-state index is 0. The molecule has 0 saturated carbocycles. The first-order valence-electron chi connectivity index (χ1n) is 7.94. The van der Waals surface area contributed by atoms with Gasteiger partial charge in [-0.25, -0.2) is 0 Å². The molecule has 0 spiro atoms. The molecule has 6 nitrogen and oxygen atoms in total. The third-order valence-corrected chi connectivity index (χ3v) is 5.12. The second kappa shape index (κ2) is 10.1. The number of piperazine rings is 1. The van der Waals surface area contributed by atoms with Crippen molar-refractivity contribution >= 4 is 29.7 Å². The molecule has 0 unspecified atom stereocenters. The van der Waals surface area contributed by atoms with Gasteiger partial charge in [-0.15, -0.1) is 12.4 Å². The van der Waals surface area contributed by atoms with Crippen LogP contribution >= 0.6 is 23.7 Å². The van der Waals surface area contributed by atoms with Crippen molar-refractivity contribution in [2.75, 3.05) is 39.3 Å². The molecule has 1 aromatic heterocycles. The van der Waals surface area contributed by atoms with Crippen molar-refractivity contribution in [2.45, 2.75) is 33.2 Å². The van der Waals surface area contributed by atoms with E-state index in [1.54, 1.807) is 4.57 Å². The highest BCUT2D eigenvalue weighted by Crippen LogP contribution is 2.09. The minimum Gasteiger partial charge on any atom is -0.356 e. The normalized spacial score (nSPS) is 15.2. The van der Waals surface area contributed by atoms with Crippen molar-refractivity contribution in [3.8, 4) is 0 Å². The van der Waals surface area contributed by atoms with E-state index >= 15 is 0 Å². The summed E-state index contributed by atoms with van der Waals surface area (Å²) in [4.78, 5) is 27.1. The molecular formula is C15H27ClN4O2S. The van der Waals surface area contributed by atoms with Crippen molar-refractivity contribution in [2.24, 2.45) is 0 Å². The number of carbonyl (C=O) groups excluding carboxylic acids is 1. The van der Waals surface area contributed by atoms with Gasteiger partial charge in [0.15, 0.2) is 0 Å². The summed E-state index contributed by atoms with van der Waals surface area (Å²) in [6, 6.07) is 0. The Morgan fingerprint density at radius 1 is 1.26 bits per heavy atom. The predicted octanol–water partition coefficient (Wildman–Crippen LogP) is 0.750. The van der Waals surface area contributed by atoms with Crippen LogP contribution in [-0.4, -0.2) is 54.6 Å². The summed E-state index contributed by atoms with van der Waals surface area (Å²) < 4.78 is 1.69. The topological polar surface area (TPSA) is 66.4 Å². The molecule has 2 rings (SSSR count). The maximum atomic E-state index is 11.9. The number of rotatable bonds is 7. The molecule has 2 N–H and O–H groups in total. The van der Waals surface area contributed by atoms with Crippen molar-refractivity contribution in [1.29, 1.82) is 0 Å². The number of hydrogen-bond acceptors (Lipinski definition) is 5. The lowest BCUT2D eigenvalue weighted by molar-refractivity contribution is -0.121. The monoisotopic (exact) mass is 362 g/mol. The summed E-state index contributed by atoms with van der Waals surface area (Å²) in [6.45, 7) is 10.4. The number of thiazole rings is 1. The lowest BCUT2D eigenvalue weighted by Gasteiger charge is -2.27. The Labute approximate surface area is 147 Å². The lowest BCUT2D eigenvalue weighted by Crippen LogP contribution is -2.44. The van der Waals surface area contributed by atoms with Crippen LogP contribution in [0.4, 0.5) is 0 Å². The first kappa shape index (κ1) is 20.2. The van der Waals surface area contributed by atoms with Crippen molar-refractivity contribution in [3.05, 3.63) is 20.2 Å². The van der Waals surface area contributed by atoms with Crippen LogP contribution in [0.25, 0.3) is 0 Å². The van der Waals surface area contributed by atoms with Crippen LogP contribution in [0.3, 0.4) is 0 Å². The summed E-state index contributed by atoms with van der Waals surface area (Å²) in [6.07, 6.45) is 1.34. The molecule has 0 bridgehead atoms. The van der Waals surface area contributed by atoms with Crippen molar-refractivity contribution < 1.29 is 4.79 Å². The Kier molecular flexibility index (Phi) is 8.83. The second-order valence-electron chi connectivity index (χ2n) is 5.71. The van der Waals surface area contributed by atoms with Crippen LogP contribution in [0.5, 0.6) is 0 Å². The molecule has 0 atom stereocenters. The molecule has 1 amide bonds. The Morgan fingerprint density at radius 3 is 2.57 bits per heavy atom. The van der Waals surface area contributed by atoms with E-state index in [0.717, 1.165) is 49.7 Å². The van der Waals surface area contributed by atoms with Crippen LogP contribution < -0.4 is 15.5 Å². The van der Waals surface area contributed by atoms with Gasteiger partial charge in [-0.1, -0.05) is 11.3 Å². The first-order valence-corrected chi connectivity index (χ1v) is 8.76. The Balaban J connectivity index is 0.00000264. The van der Waals surface area contributed by atoms with E-state index in [4.69, 9.17) is 0 Å². The van der Waals surface area contributed by atoms with E-state index in [-0.39, 0.29) is 23.2 Å². The average Bonchev–Trinajstić information content (AvgIpc) is 2.76. The van der Waals surface area contributed by atoms with Gasteiger partial charge >= 0.3 is 4.87 Å². The SMILES string of the molecule is Cc1sc(=O)n(CCC(=O)NCCCN2CCNCC2)c1C.Cl. The summed E-state index contributed by atoms with van der Waals surface area (Å²) >= 11 is 1.25. The van der Waals surface area contributed by atoms with Gasteiger partial charge in [-0.05, 0) is 26.8 Å². The molecule has 1 saturated heterocycles. The first-order chi connectivity index (χ1) is 10.6. The van der Waals surface area contributed by atoms with Gasteiger partial charge in [-0.2, -0.15) is 0 Å². The fourth-order valence-corrected chi connectivity index (χ4v) is 3.47. The smallest absolute Gasteiger partial charge is 0.307 e. The molecule has 0 aromatic carbocycles. The standard InChI is InChI=1S/C15H26N4O2S.ClH/c1-12-13(2)22-15(21)19(12)9-4-14(20)17-5-3-8-18-10-6-16-7-11-18;/h16H,3-11H2,1-2H3,(H,17,20);1H. The zero-order chi connectivity index (χ0) is 15.9. The van der Waals surface area contributed by atoms with Gasteiger partial charge < -0.3 is 20.1 Å². The third kappa shape index (κ3) is 6.25. The number of carbonyl (C=O) groups is 1. The molecule has 132 valence electrons. The number of aromatic nitrogens is 1. The van der Waals surface area contributed by atoms with E-state index in [2.05, 4.69) is 15.5 Å². The Hall–Kier alpha value is -0.890. The van der Waals surface area contributed by atoms with Gasteiger partial charge in [0.25, 0.3) is 0 Å². The summed E-state index contributed by atoms with van der Waals surface area (Å²) in [5.41, 5.74) is 0.974. The van der Waals surface area contributed by atoms with Crippen LogP contribution in [0.1, 0.15) is 23.4 Å². The number of nitrogens with one attached hydrogen (secondary N) is 2. The van der Waals surface area contributed by atoms with Crippen LogP contribution in [-0.2, 0) is 11.3 Å². The van der Waals surface area contributed by atoms with E-state index in [1.165, 1.54) is 11.3 Å². The largest absolute Gasteiger partial charge is 0.356 e. The maximum absolute atomic E-state index is 11.9. The number of halogens is 1. The number of hydrogen-bond donors (Lipinski definition) is 2. The quantitative estimate of drug-likeness (QED) is 0.702. The molecule has 0 radical (unpaired) electrons. The summed E-state index contributed by atoms with van der Waals surface area (Å²) in [7, 11) is 0. The fraction of sp³-hybridized carbons (Fsp3) is 0.733. The molecule has 0 aliphatic carbocycles. The second-order valence-corrected chi connectivity index (χ2v) is 6.87. The number of nitrogens with zero attached hydrogens (tertiary/aromatic N) is 2. The van der Waals surface area contributed by atoms with Gasteiger partial charge in [0.05, 0.1) is 0 Å². The minimum absolute atomic E-state index is 0. The van der Waals surface area contributed by atoms with E-state index in [0.29, 0.717) is 19.5 Å². The lowest BCUT2D eigenvalue weighted by atomic mass is 10.3. The van der Waals surface area contributed by atoms with Gasteiger partial charge in [0, 0.05) is 56.3 Å². The van der Waals surface area contributed by atoms with Gasteiger partial charge in [0.1, 0.15) is 0 Å². The molecule has 23 heavy (non-hydrogen) atoms. The Morgan fingerprint density at radius 2 is 1.96 bits per heavy atom. The zero-order valence-electron chi connectivity index (χ0n) is 13.9. The highest BCUT2D eigenvalue weighted by atomic mass is 35.5.